The smallest absolute Gasteiger partial charge is 0.182 e. The normalized spacial score (nSPS) is 23.8. The molecule has 1 unspecified atom stereocenters. The third-order valence-corrected chi connectivity index (χ3v) is 4.53. The highest BCUT2D eigenvalue weighted by atomic mass is 19.1. The molecule has 0 spiro atoms. The summed E-state index contributed by atoms with van der Waals surface area (Å²) in [7, 11) is 0. The molecule has 0 N–H and O–H groups in total. The third-order valence-electron chi connectivity index (χ3n) is 4.53. The quantitative estimate of drug-likeness (QED) is 0.799. The Morgan fingerprint density at radius 2 is 1.90 bits per heavy atom. The van der Waals surface area contributed by atoms with E-state index in [2.05, 4.69) is 4.90 Å². The highest BCUT2D eigenvalue weighted by molar-refractivity contribution is 5.98. The van der Waals surface area contributed by atoms with Crippen LogP contribution in [0.5, 0.6) is 0 Å². The van der Waals surface area contributed by atoms with E-state index in [1.54, 1.807) is 0 Å². The first-order chi connectivity index (χ1) is 10.1. The van der Waals surface area contributed by atoms with Crippen molar-refractivity contribution in [3.8, 4) is 0 Å². The number of benzene rings is 1. The maximum Gasteiger partial charge on any atom is 0.182 e. The number of hydrogen-bond acceptors (Lipinski definition) is 3. The number of Topliss-reactive ketones (excluding diaryl/α,β-unsaturated/α-hetero) is 1. The first-order valence-electron chi connectivity index (χ1n) is 7.59. The second-order valence-corrected chi connectivity index (χ2v) is 5.94. The Kier molecular flexibility index (Phi) is 4.31. The number of ketones is 1. The molecule has 5 heteroatoms. The Bertz CT molecular complexity index is 515. The van der Waals surface area contributed by atoms with Crippen LogP contribution in [0.4, 0.5) is 8.78 Å². The van der Waals surface area contributed by atoms with Crippen LogP contribution in [-0.2, 0) is 0 Å². The maximum atomic E-state index is 13.6. The molecule has 0 amide bonds. The number of carbonyl (C=O) groups excluding carboxylic acids is 1. The summed E-state index contributed by atoms with van der Waals surface area (Å²) in [6, 6.07) is 4.04. The fourth-order valence-corrected chi connectivity index (χ4v) is 3.41. The van der Waals surface area contributed by atoms with Crippen molar-refractivity contribution in [3.05, 3.63) is 35.4 Å². The summed E-state index contributed by atoms with van der Waals surface area (Å²) in [5.74, 6) is -2.00. The van der Waals surface area contributed by atoms with Crippen LogP contribution in [-0.4, -0.2) is 54.3 Å². The van der Waals surface area contributed by atoms with E-state index >= 15 is 0 Å². The van der Waals surface area contributed by atoms with Crippen LogP contribution >= 0.6 is 0 Å². The molecule has 0 radical (unpaired) electrons. The summed E-state index contributed by atoms with van der Waals surface area (Å²) in [5, 5.41) is 0. The zero-order chi connectivity index (χ0) is 14.8. The van der Waals surface area contributed by atoms with E-state index in [0.717, 1.165) is 44.7 Å². The Labute approximate surface area is 123 Å². The molecule has 3 rings (SSSR count). The highest BCUT2D eigenvalue weighted by Crippen LogP contribution is 2.21. The second kappa shape index (κ2) is 6.20. The Morgan fingerprint density at radius 3 is 2.67 bits per heavy atom. The third kappa shape index (κ3) is 3.14. The van der Waals surface area contributed by atoms with Gasteiger partial charge in [0.1, 0.15) is 11.6 Å². The van der Waals surface area contributed by atoms with Crippen molar-refractivity contribution in [2.75, 3.05) is 32.7 Å². The van der Waals surface area contributed by atoms with Gasteiger partial charge in [0, 0.05) is 25.7 Å². The Balaban J connectivity index is 1.65. The van der Waals surface area contributed by atoms with Gasteiger partial charge in [-0.15, -0.1) is 0 Å². The van der Waals surface area contributed by atoms with E-state index in [1.807, 2.05) is 4.90 Å². The number of carbonyl (C=O) groups is 1. The summed E-state index contributed by atoms with van der Waals surface area (Å²) in [5.41, 5.74) is -0.399. The van der Waals surface area contributed by atoms with E-state index in [9.17, 15) is 13.6 Å². The number of piperazine rings is 1. The van der Waals surface area contributed by atoms with E-state index in [0.29, 0.717) is 6.04 Å². The first-order valence-corrected chi connectivity index (χ1v) is 7.59. The molecule has 2 saturated heterocycles. The molecule has 3 nitrogen and oxygen atoms in total. The monoisotopic (exact) mass is 294 g/mol. The van der Waals surface area contributed by atoms with E-state index in [1.165, 1.54) is 18.9 Å². The van der Waals surface area contributed by atoms with Crippen molar-refractivity contribution in [2.24, 2.45) is 0 Å². The molecule has 2 aliphatic rings. The Hall–Kier alpha value is -1.33. The molecular formula is C16H20F2N2O. The van der Waals surface area contributed by atoms with E-state index < -0.39 is 23.0 Å². The number of piperidine rings is 1. The van der Waals surface area contributed by atoms with Crippen LogP contribution in [0.25, 0.3) is 0 Å². The van der Waals surface area contributed by atoms with Gasteiger partial charge in [-0.1, -0.05) is 12.5 Å². The highest BCUT2D eigenvalue weighted by Gasteiger charge is 2.30. The minimum absolute atomic E-state index is 0.0994. The average Bonchev–Trinajstić information content (AvgIpc) is 2.47. The van der Waals surface area contributed by atoms with Crippen LogP contribution in [0.3, 0.4) is 0 Å². The van der Waals surface area contributed by atoms with Gasteiger partial charge in [-0.3, -0.25) is 14.6 Å². The molecule has 114 valence electrons. The molecule has 2 aliphatic heterocycles. The number of fused-ring (bicyclic) bond motifs is 1. The summed E-state index contributed by atoms with van der Waals surface area (Å²) < 4.78 is 27.3. The lowest BCUT2D eigenvalue weighted by Gasteiger charge is -2.43. The van der Waals surface area contributed by atoms with Crippen LogP contribution in [0.1, 0.15) is 29.6 Å². The van der Waals surface area contributed by atoms with E-state index in [4.69, 9.17) is 0 Å². The van der Waals surface area contributed by atoms with Crippen molar-refractivity contribution in [3.63, 3.8) is 0 Å². The first kappa shape index (κ1) is 14.6. The lowest BCUT2D eigenvalue weighted by Crippen LogP contribution is -2.55. The SMILES string of the molecule is O=C(CN1CCN2CCCCC2C1)c1c(F)cccc1F. The van der Waals surface area contributed by atoms with E-state index in [-0.39, 0.29) is 6.54 Å². The van der Waals surface area contributed by atoms with Gasteiger partial charge in [0.05, 0.1) is 12.1 Å². The van der Waals surface area contributed by atoms with Crippen LogP contribution in [0.15, 0.2) is 18.2 Å². The van der Waals surface area contributed by atoms with Gasteiger partial charge in [-0.2, -0.15) is 0 Å². The zero-order valence-corrected chi connectivity index (χ0v) is 12.0. The minimum Gasteiger partial charge on any atom is -0.298 e. The molecule has 2 fully saturated rings. The molecule has 21 heavy (non-hydrogen) atoms. The predicted octanol–water partition coefficient (Wildman–Crippen LogP) is 2.32. The minimum atomic E-state index is -0.767. The van der Waals surface area contributed by atoms with Gasteiger partial charge in [0.15, 0.2) is 5.78 Å². The molecule has 1 atom stereocenters. The van der Waals surface area contributed by atoms with Crippen molar-refractivity contribution >= 4 is 5.78 Å². The molecule has 2 heterocycles. The van der Waals surface area contributed by atoms with Gasteiger partial charge < -0.3 is 0 Å². The standard InChI is InChI=1S/C16H20F2N2O/c17-13-5-3-6-14(18)16(13)15(21)11-19-8-9-20-7-2-1-4-12(20)10-19/h3,5-6,12H,1-2,4,7-11H2. The molecule has 0 aromatic heterocycles. The van der Waals surface area contributed by atoms with Crippen molar-refractivity contribution < 1.29 is 13.6 Å². The van der Waals surface area contributed by atoms with Crippen molar-refractivity contribution in [1.29, 1.82) is 0 Å². The molecule has 0 bridgehead atoms. The number of halogens is 2. The van der Waals surface area contributed by atoms with Gasteiger partial charge in [-0.25, -0.2) is 8.78 Å². The lowest BCUT2D eigenvalue weighted by molar-refractivity contribution is 0.0467. The fourth-order valence-electron chi connectivity index (χ4n) is 3.41. The summed E-state index contributed by atoms with van der Waals surface area (Å²) in [4.78, 5) is 16.7. The molecular weight excluding hydrogens is 274 g/mol. The zero-order valence-electron chi connectivity index (χ0n) is 12.0. The van der Waals surface area contributed by atoms with Crippen LogP contribution in [0.2, 0.25) is 0 Å². The van der Waals surface area contributed by atoms with Gasteiger partial charge in [0.25, 0.3) is 0 Å². The topological polar surface area (TPSA) is 23.6 Å². The van der Waals surface area contributed by atoms with Crippen molar-refractivity contribution in [2.45, 2.75) is 25.3 Å². The Morgan fingerprint density at radius 1 is 1.14 bits per heavy atom. The van der Waals surface area contributed by atoms with Gasteiger partial charge >= 0.3 is 0 Å². The van der Waals surface area contributed by atoms with Gasteiger partial charge in [-0.05, 0) is 31.5 Å². The maximum absolute atomic E-state index is 13.6. The summed E-state index contributed by atoms with van der Waals surface area (Å²) >= 11 is 0. The summed E-state index contributed by atoms with van der Waals surface area (Å²) in [6.45, 7) is 3.79. The number of hydrogen-bond donors (Lipinski definition) is 0. The fraction of sp³-hybridized carbons (Fsp3) is 0.562. The molecule has 1 aromatic carbocycles. The number of rotatable bonds is 3. The number of nitrogens with zero attached hydrogens (tertiary/aromatic N) is 2. The van der Waals surface area contributed by atoms with Crippen LogP contribution < -0.4 is 0 Å². The van der Waals surface area contributed by atoms with Crippen LogP contribution in [0, 0.1) is 11.6 Å². The molecule has 1 aromatic rings. The molecule has 0 aliphatic carbocycles. The summed E-state index contributed by atoms with van der Waals surface area (Å²) in [6.07, 6.45) is 3.62. The second-order valence-electron chi connectivity index (χ2n) is 5.94. The van der Waals surface area contributed by atoms with Crippen molar-refractivity contribution in [1.82, 2.24) is 9.80 Å². The largest absolute Gasteiger partial charge is 0.298 e. The lowest BCUT2D eigenvalue weighted by atomic mass is 9.99. The average molecular weight is 294 g/mol. The van der Waals surface area contributed by atoms with Gasteiger partial charge in [0.2, 0.25) is 0 Å². The predicted molar refractivity (Wildman–Crippen MR) is 76.3 cm³/mol. The molecule has 0 saturated carbocycles.